The number of carbonyl (C=O) groups is 2. The van der Waals surface area contributed by atoms with Crippen LogP contribution in [0, 0.1) is 20.8 Å². The summed E-state index contributed by atoms with van der Waals surface area (Å²) in [5.74, 6) is -0.519. The van der Waals surface area contributed by atoms with E-state index in [9.17, 15) is 9.59 Å². The predicted molar refractivity (Wildman–Crippen MR) is 205 cm³/mol. The topological polar surface area (TPSA) is 112 Å². The molecule has 2 aliphatic rings. The molecule has 3 aromatic heterocycles. The fraction of sp³-hybridized carbons (Fsp3) is 0.537. The molecule has 1 unspecified atom stereocenters. The van der Waals surface area contributed by atoms with Gasteiger partial charge in [-0.25, -0.2) is 9.59 Å². The van der Waals surface area contributed by atoms with Crippen molar-refractivity contribution in [1.29, 1.82) is 0 Å². The quantitative estimate of drug-likeness (QED) is 0.193. The van der Waals surface area contributed by atoms with Gasteiger partial charge in [-0.2, -0.15) is 0 Å². The second-order valence-corrected chi connectivity index (χ2v) is 15.7. The molecular weight excluding hydrogens is 648 g/mol. The lowest BCUT2D eigenvalue weighted by Gasteiger charge is -2.19. The van der Waals surface area contributed by atoms with Gasteiger partial charge in [0.2, 0.25) is 0 Å². The normalized spacial score (nSPS) is 16.9. The van der Waals surface area contributed by atoms with Crippen molar-refractivity contribution in [3.8, 4) is 0 Å². The molecule has 1 aliphatic carbocycles. The van der Waals surface area contributed by atoms with Crippen LogP contribution in [0.5, 0.6) is 0 Å². The number of aromatic amines is 3. The summed E-state index contributed by atoms with van der Waals surface area (Å²) in [4.78, 5) is 42.1. The number of hydrogen-bond donors (Lipinski definition) is 3. The summed E-state index contributed by atoms with van der Waals surface area (Å²) in [5.41, 5.74) is 15.7. The van der Waals surface area contributed by atoms with Gasteiger partial charge in [-0.3, -0.25) is 4.99 Å². The van der Waals surface area contributed by atoms with Gasteiger partial charge in [-0.1, -0.05) is 20.8 Å². The first kappa shape index (κ1) is 39.0. The third-order valence-electron chi connectivity index (χ3n) is 10.0. The number of ether oxygens (including phenoxy) is 2. The minimum Gasteiger partial charge on any atom is -0.455 e. The van der Waals surface area contributed by atoms with Crippen molar-refractivity contribution < 1.29 is 19.1 Å². The zero-order valence-electron chi connectivity index (χ0n) is 32.4. The van der Waals surface area contributed by atoms with Gasteiger partial charge >= 0.3 is 11.9 Å². The Kier molecular flexibility index (Phi) is 11.3. The fourth-order valence-electron chi connectivity index (χ4n) is 7.67. The average molecular weight is 705 g/mol. The van der Waals surface area contributed by atoms with E-state index < -0.39 is 11.2 Å². The van der Waals surface area contributed by atoms with E-state index in [0.29, 0.717) is 17.8 Å². The number of hydrogen-bond acceptors (Lipinski definition) is 5. The maximum atomic E-state index is 13.1. The summed E-state index contributed by atoms with van der Waals surface area (Å²) < 4.78 is 11.4. The Balaban J connectivity index is 0.00000562. The monoisotopic (exact) mass is 704 g/mol. The maximum Gasteiger partial charge on any atom is 0.355 e. The summed E-state index contributed by atoms with van der Waals surface area (Å²) in [6.07, 6.45) is 7.33. The molecule has 3 aromatic rings. The van der Waals surface area contributed by atoms with E-state index in [4.69, 9.17) is 14.5 Å². The highest BCUT2D eigenvalue weighted by molar-refractivity contribution is 6.11. The molecule has 5 rings (SSSR count). The Bertz CT molecular complexity index is 1900. The molecule has 0 spiro atoms. The van der Waals surface area contributed by atoms with Crippen LogP contribution in [0.25, 0.3) is 6.08 Å². The number of carbonyl (C=O) groups excluding carboxylic acids is 2. The van der Waals surface area contributed by atoms with Crippen LogP contribution in [0.4, 0.5) is 0 Å². The highest BCUT2D eigenvalue weighted by Gasteiger charge is 2.38. The molecule has 1 fully saturated rings. The number of H-pyrrole nitrogens is 3. The lowest BCUT2D eigenvalue weighted by molar-refractivity contribution is 0.00501. The van der Waals surface area contributed by atoms with Crippen molar-refractivity contribution in [3.63, 3.8) is 0 Å². The van der Waals surface area contributed by atoms with E-state index in [1.165, 1.54) is 27.8 Å². The first-order valence-corrected chi connectivity index (χ1v) is 18.0. The van der Waals surface area contributed by atoms with Gasteiger partial charge in [0.05, 0.1) is 11.4 Å². The summed E-state index contributed by atoms with van der Waals surface area (Å²) >= 11 is 0. The molecule has 50 heavy (non-hydrogen) atoms. The zero-order chi connectivity index (χ0) is 36.2. The summed E-state index contributed by atoms with van der Waals surface area (Å²) in [5, 5.41) is 0. The molecule has 4 heterocycles. The Morgan fingerprint density at radius 3 is 1.84 bits per heavy atom. The minimum absolute atomic E-state index is 0. The Morgan fingerprint density at radius 1 is 0.760 bits per heavy atom. The first-order valence-electron chi connectivity index (χ1n) is 18.0. The van der Waals surface area contributed by atoms with Gasteiger partial charge in [-0.15, -0.1) is 12.4 Å². The second-order valence-electron chi connectivity index (χ2n) is 15.7. The highest BCUT2D eigenvalue weighted by atomic mass is 35.5. The Morgan fingerprint density at radius 2 is 1.30 bits per heavy atom. The van der Waals surface area contributed by atoms with Crippen molar-refractivity contribution in [2.75, 3.05) is 0 Å². The SMILES string of the molecule is CCc1c(/C=C2\N=C3C(=C2C)CCC3c2[nH]c(C(=O)OC(C)(C)C)c(C)c2CC)[nH]c(Cc2[nH]c(C(=O)OC(C)(C)C)c(C)c2CC)c1C.Cl. The van der Waals surface area contributed by atoms with Crippen LogP contribution in [0.15, 0.2) is 21.8 Å². The van der Waals surface area contributed by atoms with Crippen molar-refractivity contribution in [3.05, 3.63) is 84.4 Å². The van der Waals surface area contributed by atoms with E-state index in [1.807, 2.05) is 55.4 Å². The lowest BCUT2D eigenvalue weighted by Crippen LogP contribution is -2.24. The number of esters is 2. The minimum atomic E-state index is -0.564. The van der Waals surface area contributed by atoms with Gasteiger partial charge in [0.15, 0.2) is 0 Å². The number of aliphatic imine (C=N–C) groups is 1. The average Bonchev–Trinajstić information content (AvgIpc) is 3.77. The van der Waals surface area contributed by atoms with E-state index in [2.05, 4.69) is 55.6 Å². The Hall–Kier alpha value is -3.78. The van der Waals surface area contributed by atoms with Crippen LogP contribution in [-0.2, 0) is 35.2 Å². The Labute approximate surface area is 304 Å². The van der Waals surface area contributed by atoms with Crippen LogP contribution < -0.4 is 0 Å². The van der Waals surface area contributed by atoms with E-state index in [-0.39, 0.29) is 30.3 Å². The third-order valence-corrected chi connectivity index (χ3v) is 10.0. The molecule has 1 saturated carbocycles. The second kappa shape index (κ2) is 14.5. The number of halogens is 1. The molecule has 1 aliphatic heterocycles. The van der Waals surface area contributed by atoms with Gasteiger partial charge in [0.25, 0.3) is 0 Å². The molecule has 0 radical (unpaired) electrons. The number of rotatable bonds is 9. The zero-order valence-corrected chi connectivity index (χ0v) is 33.2. The summed E-state index contributed by atoms with van der Waals surface area (Å²) in [6.45, 7) is 26.2. The smallest absolute Gasteiger partial charge is 0.355 e. The van der Waals surface area contributed by atoms with Crippen molar-refractivity contribution in [2.45, 2.75) is 146 Å². The molecule has 3 N–H and O–H groups in total. The van der Waals surface area contributed by atoms with Crippen molar-refractivity contribution in [2.24, 2.45) is 4.99 Å². The molecule has 0 amide bonds. The molecule has 0 saturated heterocycles. The van der Waals surface area contributed by atoms with Crippen molar-refractivity contribution >= 4 is 36.1 Å². The molecule has 0 aromatic carbocycles. The maximum absolute atomic E-state index is 13.1. The van der Waals surface area contributed by atoms with Crippen LogP contribution in [0.1, 0.15) is 165 Å². The van der Waals surface area contributed by atoms with E-state index in [1.54, 1.807) is 0 Å². The molecule has 272 valence electrons. The number of nitrogens with zero attached hydrogens (tertiary/aromatic N) is 1. The van der Waals surface area contributed by atoms with Crippen LogP contribution in [-0.4, -0.2) is 43.8 Å². The number of nitrogens with one attached hydrogen (secondary N) is 3. The summed E-state index contributed by atoms with van der Waals surface area (Å²) in [7, 11) is 0. The number of fused-ring (bicyclic) bond motifs is 1. The molecule has 1 atom stereocenters. The standard InChI is InChI=1S/C41H56N4O4.ClH/c1-14-25-21(4)30(19-33-26(15-2)23(6)34(44-33)38(46)48-40(8,9)10)42-32(25)20-31-22(5)28-17-18-29(37(28)43-31)36-27(16-3)24(7)35(45-36)39(47)49-41(11,12)13;/h20,29,42,44-45H,14-19H2,1-13H3;1H/b31-20-;. The van der Waals surface area contributed by atoms with E-state index in [0.717, 1.165) is 83.0 Å². The largest absolute Gasteiger partial charge is 0.455 e. The van der Waals surface area contributed by atoms with E-state index >= 15 is 0 Å². The van der Waals surface area contributed by atoms with Gasteiger partial charge in [0, 0.05) is 35.1 Å². The van der Waals surface area contributed by atoms with Gasteiger partial charge in [0.1, 0.15) is 22.6 Å². The number of allylic oxidation sites excluding steroid dienone is 2. The highest BCUT2D eigenvalue weighted by Crippen LogP contribution is 2.45. The lowest BCUT2D eigenvalue weighted by atomic mass is 9.95. The van der Waals surface area contributed by atoms with Crippen molar-refractivity contribution in [1.82, 2.24) is 15.0 Å². The molecule has 0 bridgehead atoms. The molecule has 8 nitrogen and oxygen atoms in total. The first-order chi connectivity index (χ1) is 22.9. The van der Waals surface area contributed by atoms with Crippen LogP contribution in [0.2, 0.25) is 0 Å². The summed E-state index contributed by atoms with van der Waals surface area (Å²) in [6, 6.07) is 0. The van der Waals surface area contributed by atoms with Gasteiger partial charge < -0.3 is 24.4 Å². The number of aromatic nitrogens is 3. The van der Waals surface area contributed by atoms with Crippen LogP contribution >= 0.6 is 12.4 Å². The fourth-order valence-corrected chi connectivity index (χ4v) is 7.67. The van der Waals surface area contributed by atoms with Gasteiger partial charge in [-0.05, 0) is 152 Å². The molecular formula is C41H57ClN4O4. The third kappa shape index (κ3) is 7.46. The predicted octanol–water partition coefficient (Wildman–Crippen LogP) is 9.90. The van der Waals surface area contributed by atoms with Crippen LogP contribution in [0.3, 0.4) is 0 Å². The molecule has 9 heteroatoms.